The van der Waals surface area contributed by atoms with Gasteiger partial charge in [0.25, 0.3) is 5.56 Å². The molecule has 4 aromatic heterocycles. The molecule has 0 amide bonds. The minimum Gasteiger partial charge on any atom is -0.386 e. The summed E-state index contributed by atoms with van der Waals surface area (Å²) in [6.07, 6.45) is -5.84. The number of phosphoric acid groups is 2. The molecule has 3 aliphatic rings. The third-order valence-corrected chi connectivity index (χ3v) is 9.25. The molecule has 4 aromatic rings. The van der Waals surface area contributed by atoms with Crippen molar-refractivity contribution in [2.75, 3.05) is 18.9 Å². The molecule has 236 valence electrons. The van der Waals surface area contributed by atoms with E-state index < -0.39 is 77.4 Å². The van der Waals surface area contributed by atoms with Gasteiger partial charge in [-0.25, -0.2) is 24.1 Å². The van der Waals surface area contributed by atoms with E-state index in [2.05, 4.69) is 29.9 Å². The molecule has 22 nitrogen and oxygen atoms in total. The fourth-order valence-corrected chi connectivity index (χ4v) is 7.22. The Balaban J connectivity index is 1.15. The van der Waals surface area contributed by atoms with Crippen molar-refractivity contribution in [2.45, 2.75) is 49.4 Å². The Kier molecular flexibility index (Phi) is 7.06. The summed E-state index contributed by atoms with van der Waals surface area (Å²) >= 11 is 0. The summed E-state index contributed by atoms with van der Waals surface area (Å²) in [7, 11) is -9.81. The highest BCUT2D eigenvalue weighted by Crippen LogP contribution is 2.53. The zero-order chi connectivity index (χ0) is 31.0. The highest BCUT2D eigenvalue weighted by molar-refractivity contribution is 7.47. The first-order chi connectivity index (χ1) is 20.9. The summed E-state index contributed by atoms with van der Waals surface area (Å²) in [4.78, 5) is 54.5. The van der Waals surface area contributed by atoms with Crippen LogP contribution in [0.5, 0.6) is 0 Å². The van der Waals surface area contributed by atoms with Crippen LogP contribution in [0.25, 0.3) is 22.3 Å². The van der Waals surface area contributed by atoms with Gasteiger partial charge in [-0.3, -0.25) is 42.4 Å². The summed E-state index contributed by atoms with van der Waals surface area (Å²) in [6.45, 7) is -1.41. The molecule has 44 heavy (non-hydrogen) atoms. The van der Waals surface area contributed by atoms with Crippen LogP contribution in [0.2, 0.25) is 0 Å². The van der Waals surface area contributed by atoms with Gasteiger partial charge < -0.3 is 35.1 Å². The molecule has 0 radical (unpaired) electrons. The number of fused-ring (bicyclic) bond motifs is 4. The number of nitrogens with two attached hydrogens (primary N) is 1. The number of nitrogens with one attached hydrogen (secondary N) is 3. The van der Waals surface area contributed by atoms with E-state index in [1.54, 1.807) is 0 Å². The van der Waals surface area contributed by atoms with Crippen molar-refractivity contribution in [3.63, 3.8) is 0 Å². The maximum atomic E-state index is 13.0. The molecular formula is C20H24N10O12P2. The van der Waals surface area contributed by atoms with Crippen molar-refractivity contribution < 1.29 is 51.6 Å². The number of aromatic nitrogens is 8. The number of hydrogen-bond donors (Lipinski definition) is 7. The lowest BCUT2D eigenvalue weighted by Gasteiger charge is -2.27. The molecule has 0 aliphatic carbocycles. The van der Waals surface area contributed by atoms with Crippen LogP contribution in [0.3, 0.4) is 0 Å². The first-order valence-electron chi connectivity index (χ1n) is 12.9. The first kappa shape index (κ1) is 29.3. The number of rotatable bonds is 2. The van der Waals surface area contributed by atoms with Gasteiger partial charge in [0, 0.05) is 6.42 Å². The van der Waals surface area contributed by atoms with Gasteiger partial charge in [-0.15, -0.1) is 0 Å². The molecule has 7 rings (SSSR count). The second-order valence-corrected chi connectivity index (χ2v) is 12.9. The van der Waals surface area contributed by atoms with E-state index in [9.17, 15) is 28.8 Å². The van der Waals surface area contributed by atoms with Crippen molar-refractivity contribution >= 4 is 43.9 Å². The highest BCUT2D eigenvalue weighted by Gasteiger charge is 2.52. The number of nitrogen functional groups attached to an aromatic ring is 1. The largest absolute Gasteiger partial charge is 0.472 e. The predicted molar refractivity (Wildman–Crippen MR) is 140 cm³/mol. The number of anilines is 1. The number of H-pyrrole nitrogens is 2. The van der Waals surface area contributed by atoms with Crippen LogP contribution < -0.4 is 16.8 Å². The number of aliphatic hydroxyl groups excluding tert-OH is 1. The standard InChI is InChI=1S/C20H24N10O12P2/c21-15-11-16(24-4-23-15)30(6-25-11)19-13(31)14-9(40-19)3-38-43(33,34)41-7-1-10(39-8(7)2-37-44(35,36)42-14)29-5-26-12-17(29)27-20(22)28-18(12)32/h4-10,13-14,19,31H,1-3H2,(H,33,34)(H,35,36)(H2,21,23,24)(H3,22,27,28,32)/t7-,8+,9+,10+,13+,14+,19+/m0/s1. The summed E-state index contributed by atoms with van der Waals surface area (Å²) in [5.74, 6) is -0.186. The van der Waals surface area contributed by atoms with Gasteiger partial charge in [0.05, 0.1) is 32.2 Å². The summed E-state index contributed by atoms with van der Waals surface area (Å²) in [6, 6.07) is 0. The minimum atomic E-state index is -4.95. The molecular weight excluding hydrogens is 634 g/mol. The molecule has 3 saturated heterocycles. The van der Waals surface area contributed by atoms with E-state index >= 15 is 0 Å². The van der Waals surface area contributed by atoms with E-state index in [0.717, 1.165) is 0 Å². The lowest BCUT2D eigenvalue weighted by Crippen LogP contribution is -2.37. The maximum absolute atomic E-state index is 13.0. The lowest BCUT2D eigenvalue weighted by atomic mass is 10.1. The van der Waals surface area contributed by atoms with E-state index in [1.165, 1.54) is 28.1 Å². The van der Waals surface area contributed by atoms with Crippen LogP contribution >= 0.6 is 15.6 Å². The van der Waals surface area contributed by atoms with E-state index in [0.29, 0.717) is 0 Å². The van der Waals surface area contributed by atoms with Crippen LogP contribution in [0.15, 0.2) is 23.8 Å². The topological polar surface area (TPSA) is 310 Å². The molecule has 0 spiro atoms. The monoisotopic (exact) mass is 658 g/mol. The number of hydrogen-bond acceptors (Lipinski definition) is 16. The number of imidazole rings is 2. The van der Waals surface area contributed by atoms with Crippen molar-refractivity contribution in [2.24, 2.45) is 0 Å². The Bertz CT molecular complexity index is 1960. The number of nitrogens with zero attached hydrogens (tertiary/aromatic N) is 6. The van der Waals surface area contributed by atoms with Gasteiger partial charge in [-0.2, -0.15) is 4.98 Å². The average molecular weight is 658 g/mol. The second-order valence-electron chi connectivity index (χ2n) is 10.0. The van der Waals surface area contributed by atoms with E-state index in [1.807, 2.05) is 0 Å². The summed E-state index contributed by atoms with van der Waals surface area (Å²) in [5, 5.41) is 19.1. The summed E-state index contributed by atoms with van der Waals surface area (Å²) < 4.78 is 61.5. The predicted octanol–water partition coefficient (Wildman–Crippen LogP) is -1.48. The molecule has 0 saturated carbocycles. The van der Waals surface area contributed by atoms with Gasteiger partial charge in [0.2, 0.25) is 5.95 Å². The van der Waals surface area contributed by atoms with Crippen molar-refractivity contribution in [1.29, 1.82) is 5.41 Å². The third-order valence-electron chi connectivity index (χ3n) is 7.25. The van der Waals surface area contributed by atoms with Crippen molar-refractivity contribution in [3.05, 3.63) is 34.8 Å². The first-order valence-corrected chi connectivity index (χ1v) is 15.9. The van der Waals surface area contributed by atoms with Crippen LogP contribution in [0, 0.1) is 5.41 Å². The fraction of sp³-hybridized carbons (Fsp3) is 0.500. The number of aromatic amines is 2. The lowest BCUT2D eigenvalue weighted by molar-refractivity contribution is -0.0662. The van der Waals surface area contributed by atoms with Gasteiger partial charge in [-0.05, 0) is 0 Å². The molecule has 3 aliphatic heterocycles. The van der Waals surface area contributed by atoms with E-state index in [-0.39, 0.29) is 40.2 Å². The Labute approximate surface area is 243 Å². The highest BCUT2D eigenvalue weighted by atomic mass is 31.2. The van der Waals surface area contributed by atoms with Gasteiger partial charge >= 0.3 is 15.6 Å². The third kappa shape index (κ3) is 5.18. The SMILES string of the molecule is N=c1[nH]cnc2c1ncn2[C@@H]1O[C@@H]2COP(=O)(O)O[C@H]3C[C@H](n4cnc5c(=O)[nH]c(N)nc54)O[C@@H]3COP(=O)(O)O[C@H]2[C@H]1O. The average Bonchev–Trinajstić information content (AvgIpc) is 3.72. The number of ether oxygens (including phenoxy) is 2. The maximum Gasteiger partial charge on any atom is 0.472 e. The Hall–Kier alpha value is -3.40. The molecule has 2 unspecified atom stereocenters. The van der Waals surface area contributed by atoms with Crippen molar-refractivity contribution in [3.8, 4) is 0 Å². The number of aliphatic hydroxyl groups is 1. The smallest absolute Gasteiger partial charge is 0.386 e. The fourth-order valence-electron chi connectivity index (χ4n) is 5.29. The molecule has 0 aromatic carbocycles. The number of phosphoric ester groups is 2. The van der Waals surface area contributed by atoms with Crippen molar-refractivity contribution in [1.82, 2.24) is 39.0 Å². The quantitative estimate of drug-likeness (QED) is 0.121. The van der Waals surface area contributed by atoms with Crippen LogP contribution in [0.1, 0.15) is 18.9 Å². The molecule has 3 fully saturated rings. The summed E-state index contributed by atoms with van der Waals surface area (Å²) in [5.41, 5.74) is 5.29. The molecule has 0 bridgehead atoms. The van der Waals surface area contributed by atoms with Gasteiger partial charge in [0.15, 0.2) is 28.5 Å². The zero-order valence-electron chi connectivity index (χ0n) is 22.1. The minimum absolute atomic E-state index is 0.0448. The van der Waals surface area contributed by atoms with Crippen LogP contribution in [-0.2, 0) is 36.7 Å². The Morgan fingerprint density at radius 3 is 2.45 bits per heavy atom. The Morgan fingerprint density at radius 2 is 1.66 bits per heavy atom. The molecule has 9 atom stereocenters. The van der Waals surface area contributed by atoms with Crippen LogP contribution in [-0.4, -0.2) is 97.7 Å². The van der Waals surface area contributed by atoms with Crippen LogP contribution in [0.4, 0.5) is 5.95 Å². The molecule has 8 N–H and O–H groups in total. The second kappa shape index (κ2) is 10.6. The van der Waals surface area contributed by atoms with Gasteiger partial charge in [0.1, 0.15) is 42.3 Å². The van der Waals surface area contributed by atoms with Gasteiger partial charge in [-0.1, -0.05) is 0 Å². The Morgan fingerprint density at radius 1 is 0.955 bits per heavy atom. The molecule has 7 heterocycles. The normalized spacial score (nSPS) is 36.6. The zero-order valence-corrected chi connectivity index (χ0v) is 23.9. The molecule has 24 heteroatoms. The van der Waals surface area contributed by atoms with E-state index in [4.69, 9.17) is 38.7 Å².